The first-order valence-corrected chi connectivity index (χ1v) is 11.3. The van der Waals surface area contributed by atoms with Gasteiger partial charge < -0.3 is 10.0 Å². The van der Waals surface area contributed by atoms with Crippen LogP contribution < -0.4 is 9.62 Å². The zero-order chi connectivity index (χ0) is 22.8. The number of carboxylic acid groups (broad SMARTS) is 1. The van der Waals surface area contributed by atoms with Crippen molar-refractivity contribution < 1.29 is 31.5 Å². The second-order valence-electron chi connectivity index (χ2n) is 7.52. The summed E-state index contributed by atoms with van der Waals surface area (Å²) in [5, 5.41) is 9.18. The van der Waals surface area contributed by atoms with Crippen molar-refractivity contribution in [3.8, 4) is 0 Å². The molecule has 31 heavy (non-hydrogen) atoms. The van der Waals surface area contributed by atoms with Gasteiger partial charge in [0.05, 0.1) is 27.4 Å². The van der Waals surface area contributed by atoms with Gasteiger partial charge in [0, 0.05) is 13.1 Å². The van der Waals surface area contributed by atoms with Crippen molar-refractivity contribution in [1.29, 1.82) is 0 Å². The van der Waals surface area contributed by atoms with Crippen LogP contribution in [0.1, 0.15) is 47.2 Å². The topological polar surface area (TPSA) is 86.7 Å². The Morgan fingerprint density at radius 2 is 1.68 bits per heavy atom. The zero-order valence-corrected chi connectivity index (χ0v) is 17.7. The smallest absolute Gasteiger partial charge is 0.416 e. The minimum Gasteiger partial charge on any atom is -0.478 e. The molecule has 1 fully saturated rings. The molecule has 0 radical (unpaired) electrons. The molecule has 0 aliphatic carbocycles. The van der Waals surface area contributed by atoms with Crippen molar-refractivity contribution in [2.75, 3.05) is 22.7 Å². The van der Waals surface area contributed by atoms with E-state index in [-0.39, 0.29) is 21.7 Å². The summed E-state index contributed by atoms with van der Waals surface area (Å²) in [6, 6.07) is 6.62. The van der Waals surface area contributed by atoms with Crippen molar-refractivity contribution in [2.45, 2.75) is 43.7 Å². The van der Waals surface area contributed by atoms with Gasteiger partial charge in [-0.15, -0.1) is 0 Å². The number of hydrogen-bond donors (Lipinski definition) is 2. The van der Waals surface area contributed by atoms with Crippen LogP contribution in [0.3, 0.4) is 0 Å². The molecule has 0 bridgehead atoms. The van der Waals surface area contributed by atoms with Crippen LogP contribution in [0, 0.1) is 6.92 Å². The summed E-state index contributed by atoms with van der Waals surface area (Å²) in [4.78, 5) is 12.8. The van der Waals surface area contributed by atoms with E-state index in [1.165, 1.54) is 25.1 Å². The van der Waals surface area contributed by atoms with Gasteiger partial charge in [0.1, 0.15) is 0 Å². The highest BCUT2D eigenvalue weighted by Crippen LogP contribution is 2.37. The first-order chi connectivity index (χ1) is 14.5. The number of rotatable bonds is 5. The second kappa shape index (κ2) is 8.78. The number of aryl methyl sites for hydroxylation is 1. The van der Waals surface area contributed by atoms with Crippen molar-refractivity contribution in [3.63, 3.8) is 0 Å². The van der Waals surface area contributed by atoms with Crippen LogP contribution in [0.15, 0.2) is 41.3 Å². The van der Waals surface area contributed by atoms with Gasteiger partial charge in [-0.05, 0) is 55.7 Å². The molecule has 2 aromatic rings. The van der Waals surface area contributed by atoms with Gasteiger partial charge >= 0.3 is 12.1 Å². The lowest BCUT2D eigenvalue weighted by Crippen LogP contribution is -2.26. The number of nitrogens with one attached hydrogen (secondary N) is 1. The number of benzene rings is 2. The van der Waals surface area contributed by atoms with Crippen LogP contribution in [0.5, 0.6) is 0 Å². The van der Waals surface area contributed by atoms with E-state index in [2.05, 4.69) is 4.72 Å². The maximum absolute atomic E-state index is 13.3. The molecule has 1 aliphatic rings. The van der Waals surface area contributed by atoms with Gasteiger partial charge in [-0.2, -0.15) is 13.2 Å². The fourth-order valence-electron chi connectivity index (χ4n) is 3.60. The molecule has 2 aromatic carbocycles. The van der Waals surface area contributed by atoms with E-state index in [0.717, 1.165) is 43.9 Å². The quantitative estimate of drug-likeness (QED) is 0.669. The van der Waals surface area contributed by atoms with E-state index in [1.807, 2.05) is 4.90 Å². The fourth-order valence-corrected chi connectivity index (χ4v) is 4.94. The van der Waals surface area contributed by atoms with E-state index in [4.69, 9.17) is 0 Å². The number of carbonyl (C=O) groups is 1. The summed E-state index contributed by atoms with van der Waals surface area (Å²) >= 11 is 0. The van der Waals surface area contributed by atoms with Crippen molar-refractivity contribution in [2.24, 2.45) is 0 Å². The zero-order valence-electron chi connectivity index (χ0n) is 16.9. The summed E-state index contributed by atoms with van der Waals surface area (Å²) in [5.41, 5.74) is -0.745. The van der Waals surface area contributed by atoms with Gasteiger partial charge in [0.15, 0.2) is 0 Å². The third-order valence-corrected chi connectivity index (χ3v) is 6.75. The highest BCUT2D eigenvalue weighted by atomic mass is 32.2. The number of aromatic carboxylic acids is 1. The number of carboxylic acids is 1. The van der Waals surface area contributed by atoms with Crippen molar-refractivity contribution >= 4 is 27.4 Å². The first-order valence-electron chi connectivity index (χ1n) is 9.82. The van der Waals surface area contributed by atoms with Crippen LogP contribution in [-0.4, -0.2) is 32.6 Å². The van der Waals surface area contributed by atoms with Gasteiger partial charge in [-0.1, -0.05) is 18.9 Å². The maximum Gasteiger partial charge on any atom is 0.416 e. The standard InChI is InChI=1S/C21H23F3N2O4S/c1-14-6-7-15(20(27)28)12-19(14)31(29,30)25-17-13-16(21(22,23)24)8-9-18(17)26-10-4-2-3-5-11-26/h6-9,12-13,25H,2-5,10-11H2,1H3,(H,27,28). The molecule has 1 heterocycles. The minimum absolute atomic E-state index is 0.183. The van der Waals surface area contributed by atoms with E-state index in [1.54, 1.807) is 0 Å². The molecule has 10 heteroatoms. The molecule has 0 aromatic heterocycles. The van der Waals surface area contributed by atoms with E-state index in [0.29, 0.717) is 18.8 Å². The van der Waals surface area contributed by atoms with Gasteiger partial charge in [-0.25, -0.2) is 13.2 Å². The number of alkyl halides is 3. The number of anilines is 2. The highest BCUT2D eigenvalue weighted by Gasteiger charge is 2.32. The van der Waals surface area contributed by atoms with Gasteiger partial charge in [-0.3, -0.25) is 4.72 Å². The molecular formula is C21H23F3N2O4S. The molecule has 0 atom stereocenters. The Labute approximate surface area is 178 Å². The Morgan fingerprint density at radius 3 is 2.26 bits per heavy atom. The molecule has 0 unspecified atom stereocenters. The molecule has 0 spiro atoms. The Kier molecular flexibility index (Phi) is 6.49. The lowest BCUT2D eigenvalue weighted by molar-refractivity contribution is -0.137. The largest absolute Gasteiger partial charge is 0.478 e. The van der Waals surface area contributed by atoms with Crippen LogP contribution in [0.25, 0.3) is 0 Å². The Morgan fingerprint density at radius 1 is 1.03 bits per heavy atom. The Hall–Kier alpha value is -2.75. The average Bonchev–Trinajstić information content (AvgIpc) is 2.96. The molecule has 0 saturated carbocycles. The molecule has 168 valence electrons. The van der Waals surface area contributed by atoms with E-state index >= 15 is 0 Å². The minimum atomic E-state index is -4.64. The van der Waals surface area contributed by atoms with Crippen LogP contribution in [-0.2, 0) is 16.2 Å². The Bertz CT molecular complexity index is 1080. The molecule has 0 amide bonds. The molecule has 3 rings (SSSR count). The normalized spacial score (nSPS) is 15.4. The van der Waals surface area contributed by atoms with Gasteiger partial charge in [0.2, 0.25) is 0 Å². The third-order valence-electron chi connectivity index (χ3n) is 5.24. The third kappa shape index (κ3) is 5.30. The monoisotopic (exact) mass is 456 g/mol. The maximum atomic E-state index is 13.3. The van der Waals surface area contributed by atoms with Gasteiger partial charge in [0.25, 0.3) is 10.0 Å². The van der Waals surface area contributed by atoms with E-state index in [9.17, 15) is 31.5 Å². The molecule has 1 saturated heterocycles. The van der Waals surface area contributed by atoms with Crippen LogP contribution >= 0.6 is 0 Å². The van der Waals surface area contributed by atoms with Crippen LogP contribution in [0.2, 0.25) is 0 Å². The van der Waals surface area contributed by atoms with E-state index < -0.39 is 27.7 Å². The fraction of sp³-hybridized carbons (Fsp3) is 0.381. The Balaban J connectivity index is 2.07. The summed E-state index contributed by atoms with van der Waals surface area (Å²) in [5.74, 6) is -1.30. The lowest BCUT2D eigenvalue weighted by atomic mass is 10.1. The summed E-state index contributed by atoms with van der Waals surface area (Å²) in [6.45, 7) is 2.70. The summed E-state index contributed by atoms with van der Waals surface area (Å²) in [6.07, 6.45) is -0.935. The predicted octanol–water partition coefficient (Wildman–Crippen LogP) is 4.89. The summed E-state index contributed by atoms with van der Waals surface area (Å²) in [7, 11) is -4.34. The molecule has 1 aliphatic heterocycles. The number of nitrogens with zero attached hydrogens (tertiary/aromatic N) is 1. The SMILES string of the molecule is Cc1ccc(C(=O)O)cc1S(=O)(=O)Nc1cc(C(F)(F)F)ccc1N1CCCCCC1. The highest BCUT2D eigenvalue weighted by molar-refractivity contribution is 7.92. The molecule has 2 N–H and O–H groups in total. The first kappa shape index (κ1) is 22.9. The lowest BCUT2D eigenvalue weighted by Gasteiger charge is -2.26. The number of halogens is 3. The summed E-state index contributed by atoms with van der Waals surface area (Å²) < 4.78 is 68.3. The van der Waals surface area contributed by atoms with Crippen molar-refractivity contribution in [3.05, 3.63) is 53.1 Å². The predicted molar refractivity (Wildman–Crippen MR) is 111 cm³/mol. The second-order valence-corrected chi connectivity index (χ2v) is 9.17. The molecular weight excluding hydrogens is 433 g/mol. The average molecular weight is 456 g/mol. The van der Waals surface area contributed by atoms with Crippen LogP contribution in [0.4, 0.5) is 24.5 Å². The van der Waals surface area contributed by atoms with Crippen molar-refractivity contribution in [1.82, 2.24) is 0 Å². The number of hydrogen-bond acceptors (Lipinski definition) is 4. The number of sulfonamides is 1. The molecule has 6 nitrogen and oxygen atoms in total.